The predicted octanol–water partition coefficient (Wildman–Crippen LogP) is 0.987. The van der Waals surface area contributed by atoms with Crippen molar-refractivity contribution in [2.45, 2.75) is 45.0 Å². The third-order valence-electron chi connectivity index (χ3n) is 5.15. The summed E-state index contributed by atoms with van der Waals surface area (Å²) in [7, 11) is 0. The van der Waals surface area contributed by atoms with E-state index in [0.29, 0.717) is 42.1 Å². The summed E-state index contributed by atoms with van der Waals surface area (Å²) in [6.45, 7) is -1.98. The number of thiophene rings is 1. The lowest BCUT2D eigenvalue weighted by Gasteiger charge is -2.24. The van der Waals surface area contributed by atoms with Crippen LogP contribution in [-0.2, 0) is 22.4 Å². The normalized spacial score (nSPS) is 17.8. The minimum absolute atomic E-state index is 0.00140. The topological polar surface area (TPSA) is 188 Å². The van der Waals surface area contributed by atoms with Crippen LogP contribution in [0.2, 0.25) is 0 Å². The van der Waals surface area contributed by atoms with Crippen LogP contribution in [-0.4, -0.2) is 50.6 Å². The van der Waals surface area contributed by atoms with Gasteiger partial charge in [0, 0.05) is 22.0 Å². The van der Waals surface area contributed by atoms with Crippen LogP contribution in [0.15, 0.2) is 10.9 Å². The number of aromatic nitrogens is 2. The quantitative estimate of drug-likeness (QED) is 0.313. The first kappa shape index (κ1) is 19.3. The summed E-state index contributed by atoms with van der Waals surface area (Å²) in [4.78, 5) is 54.0. The van der Waals surface area contributed by atoms with Gasteiger partial charge in [0.15, 0.2) is 0 Å². The first-order valence-electron chi connectivity index (χ1n) is 11.4. The van der Waals surface area contributed by atoms with Gasteiger partial charge in [-0.2, -0.15) is 4.98 Å². The molecule has 7 N–H and O–H groups in total. The number of nitrogens with zero attached hydrogens (tertiary/aromatic N) is 1. The molecule has 1 aliphatic heterocycles. The molecule has 0 fully saturated rings. The number of aromatic amines is 1. The molecule has 3 rings (SSSR count). The number of amides is 1. The van der Waals surface area contributed by atoms with Gasteiger partial charge in [0.05, 0.1) is 10.4 Å². The molecule has 2 atom stereocenters. The van der Waals surface area contributed by atoms with E-state index in [0.717, 1.165) is 11.3 Å². The smallest absolute Gasteiger partial charge is 0.326 e. The van der Waals surface area contributed by atoms with E-state index in [1.165, 1.54) is 6.07 Å². The average molecular weight is 467 g/mol. The molecule has 0 unspecified atom stereocenters. The summed E-state index contributed by atoms with van der Waals surface area (Å²) in [6, 6.07) is -0.195. The van der Waals surface area contributed by atoms with Gasteiger partial charge in [0.2, 0.25) is 5.95 Å². The third kappa shape index (κ3) is 5.63. The summed E-state index contributed by atoms with van der Waals surface area (Å²) in [6.07, 6.45) is 0.524. The molecule has 1 amide bonds. The van der Waals surface area contributed by atoms with Crippen molar-refractivity contribution < 1.29 is 28.7 Å². The molecule has 0 spiro atoms. The lowest BCUT2D eigenvalue weighted by atomic mass is 9.92. The van der Waals surface area contributed by atoms with Gasteiger partial charge in [-0.15, -0.1) is 11.3 Å². The number of carboxylic acids is 2. The number of carboxylic acid groups (broad SMARTS) is 2. The van der Waals surface area contributed by atoms with Crippen molar-refractivity contribution in [1.82, 2.24) is 15.3 Å². The third-order valence-corrected chi connectivity index (χ3v) is 6.34. The number of hydrogen-bond acceptors (Lipinski definition) is 8. The van der Waals surface area contributed by atoms with Crippen LogP contribution in [0.1, 0.15) is 49.1 Å². The second-order valence-electron chi connectivity index (χ2n) is 7.51. The Morgan fingerprint density at radius 3 is 2.91 bits per heavy atom. The van der Waals surface area contributed by atoms with Crippen molar-refractivity contribution in [2.24, 2.45) is 5.92 Å². The molecule has 0 saturated heterocycles. The number of carbonyl (C=O) groups excluding carboxylic acids is 1. The fraction of sp³-hybridized carbons (Fsp3) is 0.450. The van der Waals surface area contributed by atoms with E-state index >= 15 is 0 Å². The molecule has 11 nitrogen and oxygen atoms in total. The number of nitrogens with one attached hydrogen (secondary N) is 3. The Morgan fingerprint density at radius 2 is 2.22 bits per heavy atom. The minimum Gasteiger partial charge on any atom is -0.481 e. The summed E-state index contributed by atoms with van der Waals surface area (Å²) in [5, 5.41) is 23.4. The second-order valence-corrected chi connectivity index (χ2v) is 8.65. The molecule has 0 saturated carbocycles. The zero-order valence-electron chi connectivity index (χ0n) is 19.9. The van der Waals surface area contributed by atoms with Crippen molar-refractivity contribution >= 4 is 40.9 Å². The van der Waals surface area contributed by atoms with E-state index in [9.17, 15) is 24.3 Å². The molecule has 0 aromatic carbocycles. The van der Waals surface area contributed by atoms with Gasteiger partial charge in [-0.25, -0.2) is 4.79 Å². The van der Waals surface area contributed by atoms with Crippen LogP contribution < -0.4 is 21.9 Å². The standard InChI is InChI=1S/C20H25N5O6S/c1-9-6-14(18(29)23-12(19(30)31)3-5-15(26)27)32-13(9)4-2-10-7-11-16(22-8-10)24-20(21)25-17(11)28/h6,10,12H,2-5,7-8H2,1H3,(H,23,29)(H,26,27)(H,30,31)(H4,21,22,24,25,28)/t10-,12-/m0/s1/i1D3. The number of aliphatic carboxylic acids is 2. The van der Waals surface area contributed by atoms with Gasteiger partial charge < -0.3 is 26.6 Å². The zero-order chi connectivity index (χ0) is 25.9. The van der Waals surface area contributed by atoms with Gasteiger partial charge in [-0.3, -0.25) is 19.4 Å². The maximum absolute atomic E-state index is 12.6. The van der Waals surface area contributed by atoms with Crippen LogP contribution >= 0.6 is 11.3 Å². The number of nitrogen functional groups attached to an aromatic ring is 1. The fourth-order valence-corrected chi connectivity index (χ4v) is 4.46. The highest BCUT2D eigenvalue weighted by molar-refractivity contribution is 7.14. The van der Waals surface area contributed by atoms with Crippen LogP contribution in [0.4, 0.5) is 11.8 Å². The molecule has 0 radical (unpaired) electrons. The Balaban J connectivity index is 1.73. The second kappa shape index (κ2) is 9.81. The van der Waals surface area contributed by atoms with Gasteiger partial charge >= 0.3 is 11.9 Å². The lowest BCUT2D eigenvalue weighted by Crippen LogP contribution is -2.40. The Bertz CT molecular complexity index is 1190. The number of anilines is 2. The van der Waals surface area contributed by atoms with Crippen molar-refractivity contribution in [3.8, 4) is 0 Å². The Morgan fingerprint density at radius 1 is 1.44 bits per heavy atom. The first-order valence-corrected chi connectivity index (χ1v) is 10.7. The predicted molar refractivity (Wildman–Crippen MR) is 118 cm³/mol. The number of aryl methyl sites for hydroxylation is 2. The van der Waals surface area contributed by atoms with Crippen LogP contribution in [0.25, 0.3) is 0 Å². The number of carbonyl (C=O) groups is 3. The molecule has 2 aromatic heterocycles. The summed E-state index contributed by atoms with van der Waals surface area (Å²) < 4.78 is 23.5. The van der Waals surface area contributed by atoms with E-state index in [2.05, 4.69) is 20.6 Å². The Kier molecular flexibility index (Phi) is 5.91. The van der Waals surface area contributed by atoms with E-state index in [4.69, 9.17) is 15.0 Å². The summed E-state index contributed by atoms with van der Waals surface area (Å²) in [5.74, 6) is -2.92. The molecule has 1 aliphatic rings. The van der Waals surface area contributed by atoms with Crippen LogP contribution in [0, 0.1) is 12.8 Å². The van der Waals surface area contributed by atoms with E-state index < -0.39 is 37.2 Å². The molecule has 12 heteroatoms. The maximum Gasteiger partial charge on any atom is 0.326 e. The maximum atomic E-state index is 12.6. The Labute approximate surface area is 191 Å². The van der Waals surface area contributed by atoms with E-state index in [-0.39, 0.29) is 34.3 Å². The van der Waals surface area contributed by atoms with Gasteiger partial charge in [-0.1, -0.05) is 0 Å². The van der Waals surface area contributed by atoms with Crippen molar-refractivity contribution in [2.75, 3.05) is 17.6 Å². The molecule has 32 heavy (non-hydrogen) atoms. The molecule has 2 aromatic rings. The van der Waals surface area contributed by atoms with Crippen molar-refractivity contribution in [3.05, 3.63) is 37.3 Å². The number of hydrogen-bond donors (Lipinski definition) is 6. The van der Waals surface area contributed by atoms with Crippen LogP contribution in [0.5, 0.6) is 0 Å². The number of H-pyrrole nitrogens is 1. The monoisotopic (exact) mass is 466 g/mol. The van der Waals surface area contributed by atoms with Gasteiger partial charge in [0.1, 0.15) is 11.9 Å². The minimum atomic E-state index is -2.49. The SMILES string of the molecule is [2H]C([2H])([2H])c1cc(C(=O)N[C@@H](CCC(=O)O)C(=O)O)sc1CC[C@@H]1CNc2nc(N)[nH]c(=O)c2C1. The molecule has 0 bridgehead atoms. The van der Waals surface area contributed by atoms with Crippen molar-refractivity contribution in [3.63, 3.8) is 0 Å². The zero-order valence-corrected chi connectivity index (χ0v) is 17.8. The van der Waals surface area contributed by atoms with E-state index in [1.807, 2.05) is 0 Å². The summed E-state index contributed by atoms with van der Waals surface area (Å²) in [5.41, 5.74) is 5.70. The molecular weight excluding hydrogens is 438 g/mol. The molecule has 172 valence electrons. The van der Waals surface area contributed by atoms with E-state index in [1.54, 1.807) is 0 Å². The highest BCUT2D eigenvalue weighted by Gasteiger charge is 2.25. The molecule has 0 aliphatic carbocycles. The Hall–Kier alpha value is -3.41. The highest BCUT2D eigenvalue weighted by Crippen LogP contribution is 2.28. The van der Waals surface area contributed by atoms with Crippen LogP contribution in [0.3, 0.4) is 0 Å². The molecular formula is C20H25N5O6S. The number of fused-ring (bicyclic) bond motifs is 1. The number of nitrogens with two attached hydrogens (primary N) is 1. The van der Waals surface area contributed by atoms with Gasteiger partial charge in [0.25, 0.3) is 11.5 Å². The number of rotatable bonds is 9. The van der Waals surface area contributed by atoms with Crippen molar-refractivity contribution in [1.29, 1.82) is 0 Å². The first-order chi connectivity index (χ1) is 16.3. The largest absolute Gasteiger partial charge is 0.481 e. The fourth-order valence-electron chi connectivity index (χ4n) is 3.47. The molecule has 3 heterocycles. The summed E-state index contributed by atoms with van der Waals surface area (Å²) >= 11 is 0.953. The lowest BCUT2D eigenvalue weighted by molar-refractivity contribution is -0.140. The average Bonchev–Trinajstić information content (AvgIpc) is 3.20. The van der Waals surface area contributed by atoms with Gasteiger partial charge in [-0.05, 0) is 50.1 Å². The highest BCUT2D eigenvalue weighted by atomic mass is 32.1.